The zero-order valence-electron chi connectivity index (χ0n) is 15.6. The van der Waals surface area contributed by atoms with Gasteiger partial charge >= 0.3 is 0 Å². The van der Waals surface area contributed by atoms with Gasteiger partial charge in [0, 0.05) is 32.4 Å². The molecule has 5 rings (SSSR count). The zero-order valence-corrected chi connectivity index (χ0v) is 15.6. The lowest BCUT2D eigenvalue weighted by Crippen LogP contribution is -2.43. The van der Waals surface area contributed by atoms with Gasteiger partial charge in [-0.3, -0.25) is 9.78 Å². The smallest absolute Gasteiger partial charge is 0.293 e. The Balaban J connectivity index is 1.37. The molecule has 0 spiro atoms. The monoisotopic (exact) mass is 389 g/mol. The number of benzene rings is 1. The molecule has 0 unspecified atom stereocenters. The number of rotatable bonds is 4. The molecule has 1 fully saturated rings. The Hall–Kier alpha value is -3.72. The number of amides is 1. The molecule has 9 nitrogen and oxygen atoms in total. The van der Waals surface area contributed by atoms with E-state index in [0.29, 0.717) is 11.5 Å². The van der Waals surface area contributed by atoms with Crippen molar-refractivity contribution in [2.75, 3.05) is 36.4 Å². The fourth-order valence-electron chi connectivity index (χ4n) is 3.39. The molecule has 4 heterocycles. The molecule has 0 saturated carbocycles. The van der Waals surface area contributed by atoms with Gasteiger partial charge in [-0.15, -0.1) is 0 Å². The third-order valence-electron chi connectivity index (χ3n) is 4.83. The minimum atomic E-state index is -0.385. The molecule has 3 aromatic heterocycles. The van der Waals surface area contributed by atoms with Crippen molar-refractivity contribution in [3.05, 3.63) is 54.7 Å². The second-order valence-electron chi connectivity index (χ2n) is 6.72. The summed E-state index contributed by atoms with van der Waals surface area (Å²) in [5.41, 5.74) is 3.26. The van der Waals surface area contributed by atoms with Gasteiger partial charge in [0.1, 0.15) is 0 Å². The minimum absolute atomic E-state index is 0.107. The van der Waals surface area contributed by atoms with Gasteiger partial charge in [0.05, 0.1) is 34.8 Å². The van der Waals surface area contributed by atoms with Gasteiger partial charge in [0.15, 0.2) is 5.82 Å². The van der Waals surface area contributed by atoms with E-state index in [9.17, 15) is 4.79 Å². The molecule has 1 aliphatic heterocycles. The van der Waals surface area contributed by atoms with Crippen LogP contribution < -0.4 is 15.5 Å². The molecule has 0 atom stereocenters. The predicted molar refractivity (Wildman–Crippen MR) is 109 cm³/mol. The van der Waals surface area contributed by atoms with Gasteiger partial charge in [-0.05, 0) is 18.2 Å². The molecule has 1 aromatic carbocycles. The van der Waals surface area contributed by atoms with Crippen molar-refractivity contribution < 1.29 is 9.21 Å². The molecule has 9 heteroatoms. The molecule has 29 heavy (non-hydrogen) atoms. The number of aromatic nitrogens is 4. The van der Waals surface area contributed by atoms with Crippen LogP contribution in [0, 0.1) is 0 Å². The highest BCUT2D eigenvalue weighted by Crippen LogP contribution is 2.26. The second-order valence-corrected chi connectivity index (χ2v) is 6.72. The highest BCUT2D eigenvalue weighted by Gasteiger charge is 2.19. The standard InChI is InChI=1S/C20H19N7O2/c28-19(26-15-11-22-6-5-16(15)27-9-7-21-8-10-27)17-12-23-20(29-17)18-24-13-3-1-2-4-14(13)25-18/h1-6,11-12,21H,7-10H2,(H,24,25)(H,26,28). The number of imidazole rings is 1. The lowest BCUT2D eigenvalue weighted by Gasteiger charge is -2.30. The van der Waals surface area contributed by atoms with Crippen molar-refractivity contribution in [2.45, 2.75) is 0 Å². The van der Waals surface area contributed by atoms with E-state index in [1.54, 1.807) is 12.4 Å². The van der Waals surface area contributed by atoms with Gasteiger partial charge < -0.3 is 24.9 Å². The summed E-state index contributed by atoms with van der Waals surface area (Å²) in [5.74, 6) is 0.466. The summed E-state index contributed by atoms with van der Waals surface area (Å²) in [6, 6.07) is 9.55. The number of H-pyrrole nitrogens is 1. The summed E-state index contributed by atoms with van der Waals surface area (Å²) in [4.78, 5) is 30.9. The molecule has 1 amide bonds. The van der Waals surface area contributed by atoms with Gasteiger partial charge in [-0.2, -0.15) is 0 Å². The maximum Gasteiger partial charge on any atom is 0.293 e. The lowest BCUT2D eigenvalue weighted by atomic mass is 10.2. The SMILES string of the molecule is O=C(Nc1cnccc1N1CCNCC1)c1cnc(-c2nc3ccccc3[nH]2)o1. The summed E-state index contributed by atoms with van der Waals surface area (Å²) < 4.78 is 5.66. The number of piperazine rings is 1. The fraction of sp³-hybridized carbons (Fsp3) is 0.200. The van der Waals surface area contributed by atoms with Crippen LogP contribution in [0.25, 0.3) is 22.7 Å². The van der Waals surface area contributed by atoms with Crippen LogP contribution in [0.2, 0.25) is 0 Å². The van der Waals surface area contributed by atoms with Gasteiger partial charge in [-0.1, -0.05) is 12.1 Å². The number of nitrogens with zero attached hydrogens (tertiary/aromatic N) is 4. The van der Waals surface area contributed by atoms with E-state index < -0.39 is 0 Å². The maximum atomic E-state index is 12.7. The summed E-state index contributed by atoms with van der Waals surface area (Å²) in [6.45, 7) is 3.54. The Labute approximate surface area is 166 Å². The van der Waals surface area contributed by atoms with E-state index in [1.165, 1.54) is 6.20 Å². The normalized spacial score (nSPS) is 14.3. The predicted octanol–water partition coefficient (Wildman–Crippen LogP) is 2.27. The first kappa shape index (κ1) is 17.4. The van der Waals surface area contributed by atoms with Crippen LogP contribution in [0.1, 0.15) is 10.6 Å². The number of anilines is 2. The van der Waals surface area contributed by atoms with Crippen LogP contribution >= 0.6 is 0 Å². The Morgan fingerprint density at radius 3 is 2.86 bits per heavy atom. The number of para-hydroxylation sites is 2. The van der Waals surface area contributed by atoms with Crippen molar-refractivity contribution in [1.29, 1.82) is 0 Å². The molecule has 3 N–H and O–H groups in total. The lowest BCUT2D eigenvalue weighted by molar-refractivity contribution is 0.0997. The number of oxazole rings is 1. The zero-order chi connectivity index (χ0) is 19.6. The first-order chi connectivity index (χ1) is 14.3. The quantitative estimate of drug-likeness (QED) is 0.491. The number of carbonyl (C=O) groups is 1. The van der Waals surface area contributed by atoms with E-state index in [0.717, 1.165) is 42.9 Å². The van der Waals surface area contributed by atoms with Crippen LogP contribution in [0.5, 0.6) is 0 Å². The highest BCUT2D eigenvalue weighted by atomic mass is 16.4. The number of hydrogen-bond acceptors (Lipinski definition) is 7. The van der Waals surface area contributed by atoms with Crippen LogP contribution in [-0.4, -0.2) is 52.0 Å². The Kier molecular flexibility index (Phi) is 4.41. The van der Waals surface area contributed by atoms with E-state index >= 15 is 0 Å². The Bertz CT molecular complexity index is 1130. The second kappa shape index (κ2) is 7.36. The highest BCUT2D eigenvalue weighted by molar-refractivity contribution is 6.04. The van der Waals surface area contributed by atoms with Crippen molar-refractivity contribution in [3.63, 3.8) is 0 Å². The third kappa shape index (κ3) is 3.43. The van der Waals surface area contributed by atoms with Crippen molar-refractivity contribution in [2.24, 2.45) is 0 Å². The number of carbonyl (C=O) groups excluding carboxylic acids is 1. The van der Waals surface area contributed by atoms with E-state index in [1.807, 2.05) is 30.3 Å². The molecule has 1 saturated heterocycles. The largest absolute Gasteiger partial charge is 0.428 e. The van der Waals surface area contributed by atoms with Crippen LogP contribution in [-0.2, 0) is 0 Å². The van der Waals surface area contributed by atoms with Crippen LogP contribution in [0.15, 0.2) is 53.3 Å². The third-order valence-corrected chi connectivity index (χ3v) is 4.83. The average molecular weight is 389 g/mol. The number of hydrogen-bond donors (Lipinski definition) is 3. The molecular weight excluding hydrogens is 370 g/mol. The fourth-order valence-corrected chi connectivity index (χ4v) is 3.39. The van der Waals surface area contributed by atoms with E-state index in [4.69, 9.17) is 4.42 Å². The summed E-state index contributed by atoms with van der Waals surface area (Å²) >= 11 is 0. The van der Waals surface area contributed by atoms with Gasteiger partial charge in [0.2, 0.25) is 5.76 Å². The van der Waals surface area contributed by atoms with Gasteiger partial charge in [-0.25, -0.2) is 9.97 Å². The number of fused-ring (bicyclic) bond motifs is 1. The number of pyridine rings is 1. The van der Waals surface area contributed by atoms with Crippen molar-refractivity contribution >= 4 is 28.3 Å². The van der Waals surface area contributed by atoms with E-state index in [-0.39, 0.29) is 17.6 Å². The molecule has 1 aliphatic rings. The molecule has 0 aliphatic carbocycles. The summed E-state index contributed by atoms with van der Waals surface area (Å²) in [5, 5.41) is 6.21. The molecule has 0 radical (unpaired) electrons. The van der Waals surface area contributed by atoms with Gasteiger partial charge in [0.25, 0.3) is 11.8 Å². The summed E-state index contributed by atoms with van der Waals surface area (Å²) in [7, 11) is 0. The number of aromatic amines is 1. The van der Waals surface area contributed by atoms with Crippen LogP contribution in [0.3, 0.4) is 0 Å². The van der Waals surface area contributed by atoms with Crippen LogP contribution in [0.4, 0.5) is 11.4 Å². The summed E-state index contributed by atoms with van der Waals surface area (Å²) in [6.07, 6.45) is 4.77. The average Bonchev–Trinajstić information content (AvgIpc) is 3.42. The topological polar surface area (TPSA) is 112 Å². The van der Waals surface area contributed by atoms with Crippen molar-refractivity contribution in [3.8, 4) is 11.7 Å². The molecule has 0 bridgehead atoms. The maximum absolute atomic E-state index is 12.7. The first-order valence-corrected chi connectivity index (χ1v) is 9.40. The minimum Gasteiger partial charge on any atom is -0.428 e. The molecule has 146 valence electrons. The number of nitrogens with one attached hydrogen (secondary N) is 3. The first-order valence-electron chi connectivity index (χ1n) is 9.40. The van der Waals surface area contributed by atoms with Crippen molar-refractivity contribution in [1.82, 2.24) is 25.3 Å². The molecular formula is C20H19N7O2. The Morgan fingerprint density at radius 2 is 2.00 bits per heavy atom. The van der Waals surface area contributed by atoms with E-state index in [2.05, 4.69) is 35.5 Å². The Morgan fingerprint density at radius 1 is 1.14 bits per heavy atom. The molecule has 4 aromatic rings.